The van der Waals surface area contributed by atoms with Crippen molar-refractivity contribution in [1.82, 2.24) is 4.90 Å². The van der Waals surface area contributed by atoms with Gasteiger partial charge in [0.05, 0.1) is 6.54 Å². The van der Waals surface area contributed by atoms with Crippen LogP contribution >= 0.6 is 22.6 Å². The molecule has 0 aromatic carbocycles. The number of rotatable bonds is 4. The van der Waals surface area contributed by atoms with Crippen LogP contribution in [0.15, 0.2) is 10.2 Å². The van der Waals surface area contributed by atoms with E-state index < -0.39 is 9.46 Å². The van der Waals surface area contributed by atoms with Gasteiger partial charge in [-0.25, -0.2) is 0 Å². The zero-order chi connectivity index (χ0) is 15.7. The van der Waals surface area contributed by atoms with Crippen molar-refractivity contribution in [1.29, 1.82) is 0 Å². The number of carbonyl (C=O) groups excluding carboxylic acids is 2. The van der Waals surface area contributed by atoms with Crippen LogP contribution in [0.3, 0.4) is 0 Å². The van der Waals surface area contributed by atoms with E-state index in [0.29, 0.717) is 6.54 Å². The monoisotopic (exact) mass is 393 g/mol. The standard InChI is InChI=1S/C14H24IN3O2/c1-8(2)10(19)11(15)18(13(20)14(4,5)6)12-9(3)7-16-17-12/h8-9,11-12H,7H2,1-6H3. The van der Waals surface area contributed by atoms with Gasteiger partial charge in [0.15, 0.2) is 5.78 Å². The van der Waals surface area contributed by atoms with E-state index in [1.54, 1.807) is 4.90 Å². The third-order valence-electron chi connectivity index (χ3n) is 3.29. The molecule has 0 aromatic heterocycles. The van der Waals surface area contributed by atoms with E-state index in [1.807, 2.05) is 41.5 Å². The lowest BCUT2D eigenvalue weighted by molar-refractivity contribution is -0.146. The fraction of sp³-hybridized carbons (Fsp3) is 0.857. The molecule has 0 spiro atoms. The first-order valence-electron chi connectivity index (χ1n) is 6.94. The Hall–Kier alpha value is -0.530. The third-order valence-corrected chi connectivity index (χ3v) is 4.50. The normalized spacial score (nSPS) is 24.0. The molecular weight excluding hydrogens is 369 g/mol. The van der Waals surface area contributed by atoms with Crippen LogP contribution in [-0.2, 0) is 9.59 Å². The third kappa shape index (κ3) is 3.77. The second-order valence-corrected chi connectivity index (χ2v) is 7.87. The van der Waals surface area contributed by atoms with Gasteiger partial charge >= 0.3 is 0 Å². The summed E-state index contributed by atoms with van der Waals surface area (Å²) in [4.78, 5) is 26.7. The first-order valence-corrected chi connectivity index (χ1v) is 8.19. The number of carbonyl (C=O) groups is 2. The van der Waals surface area contributed by atoms with Crippen molar-refractivity contribution in [3.63, 3.8) is 0 Å². The van der Waals surface area contributed by atoms with Crippen LogP contribution in [0.2, 0.25) is 0 Å². The summed E-state index contributed by atoms with van der Waals surface area (Å²) >= 11 is 2.05. The van der Waals surface area contributed by atoms with Crippen molar-refractivity contribution in [2.24, 2.45) is 27.5 Å². The van der Waals surface area contributed by atoms with Crippen molar-refractivity contribution in [2.75, 3.05) is 6.54 Å². The predicted molar refractivity (Wildman–Crippen MR) is 86.6 cm³/mol. The summed E-state index contributed by atoms with van der Waals surface area (Å²) in [7, 11) is 0. The second kappa shape index (κ2) is 6.49. The first-order chi connectivity index (χ1) is 9.07. The number of Topliss-reactive ketones (excluding diaryl/α,β-unsaturated/α-hetero) is 1. The lowest BCUT2D eigenvalue weighted by atomic mass is 9.93. The van der Waals surface area contributed by atoms with Crippen LogP contribution in [0, 0.1) is 17.3 Å². The Morgan fingerprint density at radius 3 is 2.20 bits per heavy atom. The van der Waals surface area contributed by atoms with Gasteiger partial charge in [-0.15, -0.1) is 0 Å². The van der Waals surface area contributed by atoms with Crippen LogP contribution in [0.4, 0.5) is 0 Å². The van der Waals surface area contributed by atoms with Crippen molar-refractivity contribution in [3.8, 4) is 0 Å². The molecule has 1 aliphatic heterocycles. The van der Waals surface area contributed by atoms with Crippen LogP contribution < -0.4 is 0 Å². The van der Waals surface area contributed by atoms with E-state index >= 15 is 0 Å². The Morgan fingerprint density at radius 1 is 1.30 bits per heavy atom. The minimum atomic E-state index is -0.543. The number of alkyl halides is 1. The van der Waals surface area contributed by atoms with E-state index in [9.17, 15) is 9.59 Å². The molecule has 1 rings (SSSR count). The van der Waals surface area contributed by atoms with Crippen molar-refractivity contribution in [2.45, 2.75) is 51.8 Å². The summed E-state index contributed by atoms with van der Waals surface area (Å²) in [6.45, 7) is 11.9. The van der Waals surface area contributed by atoms with E-state index in [2.05, 4.69) is 32.8 Å². The van der Waals surface area contributed by atoms with E-state index in [0.717, 1.165) is 0 Å². The van der Waals surface area contributed by atoms with Gasteiger partial charge in [0.25, 0.3) is 0 Å². The molecule has 0 saturated carbocycles. The van der Waals surface area contributed by atoms with Gasteiger partial charge in [0.1, 0.15) is 10.2 Å². The maximum absolute atomic E-state index is 12.7. The summed E-state index contributed by atoms with van der Waals surface area (Å²) in [5.41, 5.74) is -0.543. The Labute approximate surface area is 134 Å². The molecule has 0 aliphatic carbocycles. The lowest BCUT2D eigenvalue weighted by Crippen LogP contribution is -2.53. The average molecular weight is 393 g/mol. The number of amides is 1. The zero-order valence-electron chi connectivity index (χ0n) is 13.1. The number of ketones is 1. The van der Waals surface area contributed by atoms with Gasteiger partial charge in [-0.1, -0.05) is 41.5 Å². The highest BCUT2D eigenvalue weighted by atomic mass is 127. The van der Waals surface area contributed by atoms with Gasteiger partial charge < -0.3 is 0 Å². The van der Waals surface area contributed by atoms with Crippen molar-refractivity contribution < 1.29 is 9.59 Å². The molecule has 0 saturated heterocycles. The minimum absolute atomic E-state index is 0.0522. The predicted octanol–water partition coefficient (Wildman–Crippen LogP) is 3.28. The Morgan fingerprint density at radius 2 is 1.85 bits per heavy atom. The summed E-state index contributed by atoms with van der Waals surface area (Å²) in [6, 6.07) is 0. The number of nitrogens with zero attached hydrogens (tertiary/aromatic N) is 3. The molecule has 3 atom stereocenters. The fourth-order valence-corrected chi connectivity index (χ4v) is 3.26. The molecule has 0 fully saturated rings. The molecule has 1 heterocycles. The highest BCUT2D eigenvalue weighted by Gasteiger charge is 2.42. The fourth-order valence-electron chi connectivity index (χ4n) is 1.95. The highest BCUT2D eigenvalue weighted by Crippen LogP contribution is 2.31. The number of halogens is 1. The van der Waals surface area contributed by atoms with Gasteiger partial charge in [-0.3, -0.25) is 14.5 Å². The molecule has 114 valence electrons. The summed E-state index contributed by atoms with van der Waals surface area (Å²) in [6.07, 6.45) is -0.327. The largest absolute Gasteiger partial charge is 0.299 e. The second-order valence-electron chi connectivity index (χ2n) is 6.69. The molecule has 0 aromatic rings. The molecule has 1 amide bonds. The van der Waals surface area contributed by atoms with Crippen molar-refractivity contribution in [3.05, 3.63) is 0 Å². The smallest absolute Gasteiger partial charge is 0.230 e. The lowest BCUT2D eigenvalue weighted by Gasteiger charge is -2.37. The Balaban J connectivity index is 3.11. The molecule has 20 heavy (non-hydrogen) atoms. The molecular formula is C14H24IN3O2. The quantitative estimate of drug-likeness (QED) is 0.418. The topological polar surface area (TPSA) is 62.1 Å². The zero-order valence-corrected chi connectivity index (χ0v) is 15.2. The Bertz CT molecular complexity index is 415. The van der Waals surface area contributed by atoms with E-state index in [4.69, 9.17) is 0 Å². The molecule has 1 aliphatic rings. The Kier molecular flexibility index (Phi) is 5.69. The maximum Gasteiger partial charge on any atom is 0.230 e. The molecule has 0 bridgehead atoms. The maximum atomic E-state index is 12.7. The molecule has 3 unspecified atom stereocenters. The molecule has 5 nitrogen and oxygen atoms in total. The van der Waals surface area contributed by atoms with Gasteiger partial charge in [-0.05, 0) is 22.6 Å². The van der Waals surface area contributed by atoms with Gasteiger partial charge in [0.2, 0.25) is 5.91 Å². The number of hydrogen-bond donors (Lipinski definition) is 0. The van der Waals surface area contributed by atoms with Crippen molar-refractivity contribution >= 4 is 34.3 Å². The van der Waals surface area contributed by atoms with Crippen LogP contribution in [0.1, 0.15) is 41.5 Å². The summed E-state index contributed by atoms with van der Waals surface area (Å²) < 4.78 is -0.496. The highest BCUT2D eigenvalue weighted by molar-refractivity contribution is 14.1. The van der Waals surface area contributed by atoms with Crippen LogP contribution in [0.25, 0.3) is 0 Å². The van der Waals surface area contributed by atoms with Crippen LogP contribution in [-0.4, -0.2) is 33.3 Å². The molecule has 0 radical (unpaired) electrons. The van der Waals surface area contributed by atoms with Gasteiger partial charge in [0, 0.05) is 17.3 Å². The van der Waals surface area contributed by atoms with E-state index in [-0.39, 0.29) is 29.7 Å². The molecule has 0 N–H and O–H groups in total. The summed E-state index contributed by atoms with van der Waals surface area (Å²) in [5.74, 6) is 0.0421. The summed E-state index contributed by atoms with van der Waals surface area (Å²) in [5, 5.41) is 8.22. The van der Waals surface area contributed by atoms with E-state index in [1.165, 1.54) is 0 Å². The van der Waals surface area contributed by atoms with Crippen LogP contribution in [0.5, 0.6) is 0 Å². The average Bonchev–Trinajstić information content (AvgIpc) is 2.73. The molecule has 6 heteroatoms. The van der Waals surface area contributed by atoms with Gasteiger partial charge in [-0.2, -0.15) is 10.2 Å². The SMILES string of the molecule is CC(C)C(=O)C(I)N(C(=O)C(C)(C)C)C1N=NCC1C. The minimum Gasteiger partial charge on any atom is -0.299 e. The number of hydrogen-bond acceptors (Lipinski definition) is 4. The number of azo groups is 1. The first kappa shape index (κ1) is 17.5.